The molecule has 2 heterocycles. The quantitative estimate of drug-likeness (QED) is 0.0558. The third-order valence-electron chi connectivity index (χ3n) is 8.45. The Hall–Kier alpha value is -1.36. The van der Waals surface area contributed by atoms with Crippen molar-refractivity contribution < 1.29 is 31.7 Å². The summed E-state index contributed by atoms with van der Waals surface area (Å²) >= 11 is 1.76. The monoisotopic (exact) mass is 681 g/mol. The number of rotatable bonds is 26. The van der Waals surface area contributed by atoms with Gasteiger partial charge in [-0.3, -0.25) is 0 Å². The van der Waals surface area contributed by atoms with E-state index in [-0.39, 0.29) is 17.3 Å². The molecule has 2 aromatic rings. The minimum atomic E-state index is -4.27. The van der Waals surface area contributed by atoms with Crippen molar-refractivity contribution in [2.45, 2.75) is 166 Å². The van der Waals surface area contributed by atoms with Crippen LogP contribution in [0.15, 0.2) is 46.2 Å². The van der Waals surface area contributed by atoms with Gasteiger partial charge in [-0.15, -0.1) is 0 Å². The van der Waals surface area contributed by atoms with Crippen LogP contribution in [0, 0.1) is 6.92 Å². The molecule has 3 rings (SSSR count). The van der Waals surface area contributed by atoms with Crippen LogP contribution in [-0.4, -0.2) is 45.2 Å². The summed E-state index contributed by atoms with van der Waals surface area (Å²) in [7, 11) is -4.27. The summed E-state index contributed by atoms with van der Waals surface area (Å²) in [4.78, 5) is -0.178. The predicted octanol–water partition coefficient (Wildman–Crippen LogP) is 9.51. The second-order valence-corrected chi connectivity index (χ2v) is 14.9. The first-order valence-corrected chi connectivity index (χ1v) is 20.5. The summed E-state index contributed by atoms with van der Waals surface area (Å²) in [6.07, 6.45) is 29.3. The van der Waals surface area contributed by atoms with Gasteiger partial charge in [-0.2, -0.15) is 4.57 Å². The van der Waals surface area contributed by atoms with E-state index in [1.165, 1.54) is 128 Å². The van der Waals surface area contributed by atoms with Crippen molar-refractivity contribution in [2.75, 3.05) is 19.8 Å². The second-order valence-electron chi connectivity index (χ2n) is 12.8. The van der Waals surface area contributed by atoms with E-state index in [9.17, 15) is 13.0 Å². The summed E-state index contributed by atoms with van der Waals surface area (Å²) in [6.45, 7) is 7.47. The van der Waals surface area contributed by atoms with Crippen LogP contribution in [0.2, 0.25) is 0 Å². The third kappa shape index (κ3) is 21.5. The lowest BCUT2D eigenvalue weighted by molar-refractivity contribution is -0.692. The summed E-state index contributed by atoms with van der Waals surface area (Å²) in [5.41, 5.74) is 3.11. The van der Waals surface area contributed by atoms with E-state index in [2.05, 4.69) is 28.6 Å². The Bertz CT molecular complexity index is 1060. The van der Waals surface area contributed by atoms with Crippen molar-refractivity contribution in [2.24, 2.45) is 0 Å². The zero-order valence-electron chi connectivity index (χ0n) is 28.9. The van der Waals surface area contributed by atoms with Crippen LogP contribution in [0.4, 0.5) is 0 Å². The molecule has 0 bridgehead atoms. The summed E-state index contributed by atoms with van der Waals surface area (Å²) in [6, 6.07) is 5.78. The molecule has 2 unspecified atom stereocenters. The van der Waals surface area contributed by atoms with E-state index in [0.29, 0.717) is 13.2 Å². The Labute approximate surface area is 285 Å². The number of ether oxygens (including phenoxy) is 3. The number of nitrogens with zero attached hydrogens (tertiary/aromatic N) is 1. The maximum Gasteiger partial charge on any atom is 0.224 e. The molecule has 1 saturated heterocycles. The molecular weight excluding hydrogens is 619 g/mol. The maximum absolute atomic E-state index is 10.4. The topological polar surface area (TPSA) is 88.8 Å². The predicted molar refractivity (Wildman–Crippen MR) is 187 cm³/mol. The maximum atomic E-state index is 10.4. The zero-order valence-corrected chi connectivity index (χ0v) is 30.5. The van der Waals surface area contributed by atoms with Crippen LogP contribution in [-0.2, 0) is 30.9 Å². The van der Waals surface area contributed by atoms with E-state index in [4.69, 9.17) is 14.2 Å². The van der Waals surface area contributed by atoms with Crippen molar-refractivity contribution in [3.05, 3.63) is 46.9 Å². The van der Waals surface area contributed by atoms with Gasteiger partial charge in [0.1, 0.15) is 22.8 Å². The second kappa shape index (κ2) is 26.6. The molecule has 0 radical (unpaired) electrons. The van der Waals surface area contributed by atoms with Gasteiger partial charge < -0.3 is 18.8 Å². The van der Waals surface area contributed by atoms with Gasteiger partial charge in [0.05, 0.1) is 23.5 Å². The lowest BCUT2D eigenvalue weighted by atomic mass is 10.0. The molecule has 2 atom stereocenters. The molecule has 264 valence electrons. The Morgan fingerprint density at radius 3 is 1.96 bits per heavy atom. The van der Waals surface area contributed by atoms with Gasteiger partial charge in [0.15, 0.2) is 12.5 Å². The fraction of sp³-hybridized carbons (Fsp3) is 0.757. The van der Waals surface area contributed by atoms with Crippen LogP contribution < -0.4 is 4.57 Å². The van der Waals surface area contributed by atoms with Gasteiger partial charge in [-0.1, -0.05) is 132 Å². The molecule has 0 N–H and O–H groups in total. The Kier molecular flexibility index (Phi) is 23.6. The highest BCUT2D eigenvalue weighted by Gasteiger charge is 2.25. The first kappa shape index (κ1) is 40.8. The highest BCUT2D eigenvalue weighted by atomic mass is 32.2. The minimum absolute atomic E-state index is 0.000164. The van der Waals surface area contributed by atoms with E-state index in [1.54, 1.807) is 23.5 Å². The van der Waals surface area contributed by atoms with Crippen molar-refractivity contribution in [1.29, 1.82) is 0 Å². The first-order valence-electron chi connectivity index (χ1n) is 18.2. The molecule has 1 fully saturated rings. The van der Waals surface area contributed by atoms with Crippen molar-refractivity contribution >= 4 is 21.5 Å². The molecule has 7 nitrogen and oxygen atoms in total. The molecule has 1 aromatic carbocycles. The molecule has 0 saturated carbocycles. The highest BCUT2D eigenvalue weighted by Crippen LogP contribution is 2.19. The number of thiazole rings is 1. The number of aryl methyl sites for hydroxylation is 2. The van der Waals surface area contributed by atoms with Crippen LogP contribution in [0.3, 0.4) is 0 Å². The van der Waals surface area contributed by atoms with E-state index in [0.717, 1.165) is 31.6 Å². The lowest BCUT2D eigenvalue weighted by Crippen LogP contribution is -2.29. The molecule has 0 spiro atoms. The molecule has 46 heavy (non-hydrogen) atoms. The largest absolute Gasteiger partial charge is 0.744 e. The highest BCUT2D eigenvalue weighted by molar-refractivity contribution is 7.85. The average molecular weight is 682 g/mol. The number of benzene rings is 1. The molecule has 1 aliphatic heterocycles. The van der Waals surface area contributed by atoms with Gasteiger partial charge in [0.2, 0.25) is 5.51 Å². The van der Waals surface area contributed by atoms with Crippen molar-refractivity contribution in [3.8, 4) is 0 Å². The third-order valence-corrected chi connectivity index (χ3v) is 9.97. The van der Waals surface area contributed by atoms with E-state index >= 15 is 0 Å². The Morgan fingerprint density at radius 2 is 1.39 bits per heavy atom. The normalized spacial score (nSPS) is 16.4. The first-order chi connectivity index (χ1) is 22.4. The Balaban J connectivity index is 0.000000562. The van der Waals surface area contributed by atoms with Crippen molar-refractivity contribution in [3.63, 3.8) is 0 Å². The van der Waals surface area contributed by atoms with Gasteiger partial charge in [-0.05, 0) is 44.7 Å². The Morgan fingerprint density at radius 1 is 0.826 bits per heavy atom. The number of hydrogen-bond acceptors (Lipinski definition) is 7. The lowest BCUT2D eigenvalue weighted by Gasteiger charge is -2.12. The number of unbranched alkanes of at least 4 members (excludes halogenated alkanes) is 17. The van der Waals surface area contributed by atoms with E-state index < -0.39 is 10.1 Å². The molecule has 1 aliphatic rings. The molecule has 0 aliphatic carbocycles. The average Bonchev–Trinajstić information content (AvgIpc) is 3.73. The summed E-state index contributed by atoms with van der Waals surface area (Å²) in [5, 5.41) is 2.13. The minimum Gasteiger partial charge on any atom is -0.744 e. The number of hydrogen-bond donors (Lipinski definition) is 0. The van der Waals surface area contributed by atoms with Crippen molar-refractivity contribution in [1.82, 2.24) is 0 Å². The van der Waals surface area contributed by atoms with E-state index in [1.807, 2.05) is 6.92 Å². The van der Waals surface area contributed by atoms with Gasteiger partial charge in [0, 0.05) is 13.0 Å². The molecular formula is C37H63NO6S2. The van der Waals surface area contributed by atoms with Gasteiger partial charge in [-0.25, -0.2) is 8.42 Å². The summed E-state index contributed by atoms with van der Waals surface area (Å²) in [5.74, 6) is 0. The molecule has 9 heteroatoms. The fourth-order valence-electron chi connectivity index (χ4n) is 5.59. The molecule has 0 amide bonds. The molecule has 1 aromatic heterocycles. The standard InChI is InChI=1S/C30H56NO3S.C7H8O3S/c1-2-3-4-5-6-7-8-9-10-11-12-13-14-15-18-21-30-33-27-29(34-30)26-32-24-20-17-16-19-22-31-23-25-35-28-31;1-6-2-4-7(5-3-6)11(8,9)10/h23,25,28-30H,2-22,24,26-27H2,1H3;2-5H,1H3,(H,8,9,10)/q+1;/p-1. The van der Waals surface area contributed by atoms with Crippen LogP contribution in [0.5, 0.6) is 0 Å². The SMILES string of the molecule is CCCCCCCCCCCCCCCCCC1OCC(COCCCCCC[n+]2ccsc2)O1.Cc1ccc(S(=O)(=O)[O-])cc1. The van der Waals surface area contributed by atoms with Crippen LogP contribution >= 0.6 is 11.3 Å². The van der Waals surface area contributed by atoms with Crippen LogP contribution in [0.1, 0.15) is 141 Å². The zero-order chi connectivity index (χ0) is 33.1. The smallest absolute Gasteiger partial charge is 0.224 e. The van der Waals surface area contributed by atoms with Gasteiger partial charge in [0.25, 0.3) is 0 Å². The van der Waals surface area contributed by atoms with Crippen LogP contribution in [0.25, 0.3) is 0 Å². The fourth-order valence-corrected chi connectivity index (χ4v) is 6.69. The van der Waals surface area contributed by atoms with Gasteiger partial charge >= 0.3 is 0 Å². The summed E-state index contributed by atoms with van der Waals surface area (Å²) < 4.78 is 51.1. The number of aromatic nitrogens is 1.